The van der Waals surface area contributed by atoms with E-state index in [1.165, 1.54) is 4.90 Å². The maximum atomic E-state index is 13.8. The van der Waals surface area contributed by atoms with Crippen LogP contribution >= 0.6 is 0 Å². The number of rotatable bonds is 6. The summed E-state index contributed by atoms with van der Waals surface area (Å²) in [4.78, 5) is 58.0. The molecule has 4 amide bonds. The van der Waals surface area contributed by atoms with Gasteiger partial charge in [-0.1, -0.05) is 45.4 Å². The lowest BCUT2D eigenvalue weighted by Gasteiger charge is -2.38. The van der Waals surface area contributed by atoms with Crippen molar-refractivity contribution in [3.05, 3.63) is 0 Å². The maximum Gasteiger partial charge on any atom is 0.328 e. The lowest BCUT2D eigenvalue weighted by Crippen LogP contribution is -2.56. The number of urea groups is 1. The van der Waals surface area contributed by atoms with Crippen LogP contribution in [0.2, 0.25) is 0 Å². The topological polar surface area (TPSA) is 78.0 Å². The molecule has 178 valence electrons. The van der Waals surface area contributed by atoms with Crippen molar-refractivity contribution < 1.29 is 19.2 Å². The molecule has 5 atom stereocenters. The smallest absolute Gasteiger partial charge is 0.328 e. The fraction of sp³-hybridized carbons (Fsp3) is 0.840. The Morgan fingerprint density at radius 3 is 2.31 bits per heavy atom. The van der Waals surface area contributed by atoms with E-state index in [9.17, 15) is 19.2 Å². The van der Waals surface area contributed by atoms with Gasteiger partial charge in [-0.05, 0) is 58.3 Å². The first kappa shape index (κ1) is 23.2. The first-order chi connectivity index (χ1) is 15.4. The van der Waals surface area contributed by atoms with E-state index in [0.29, 0.717) is 12.3 Å². The highest BCUT2D eigenvalue weighted by molar-refractivity contribution is 6.06. The van der Waals surface area contributed by atoms with Gasteiger partial charge in [-0.2, -0.15) is 0 Å². The summed E-state index contributed by atoms with van der Waals surface area (Å²) >= 11 is 0. The zero-order valence-corrected chi connectivity index (χ0v) is 19.9. The van der Waals surface area contributed by atoms with Gasteiger partial charge in [0.15, 0.2) is 5.78 Å². The molecule has 2 aliphatic carbocycles. The molecule has 32 heavy (non-hydrogen) atoms. The van der Waals surface area contributed by atoms with Crippen molar-refractivity contribution in [2.75, 3.05) is 0 Å². The Balaban J connectivity index is 1.60. The van der Waals surface area contributed by atoms with Crippen LogP contribution in [0.25, 0.3) is 0 Å². The van der Waals surface area contributed by atoms with Gasteiger partial charge in [-0.15, -0.1) is 0 Å². The average Bonchev–Trinajstić information content (AvgIpc) is 3.29. The van der Waals surface area contributed by atoms with Crippen LogP contribution in [-0.2, 0) is 14.4 Å². The molecule has 2 saturated carbocycles. The zero-order chi connectivity index (χ0) is 23.0. The van der Waals surface area contributed by atoms with Crippen molar-refractivity contribution in [2.24, 2.45) is 5.92 Å². The van der Waals surface area contributed by atoms with Gasteiger partial charge >= 0.3 is 6.03 Å². The third-order valence-corrected chi connectivity index (χ3v) is 8.37. The SMILES string of the molecule is CCCC1C(=O)N(C2CCCCC2)C(=O)N1[C@@H](C)C(=O)N1[C@H](C(C)=O)C[C@@H]2CCCC[C@@H]21. The van der Waals surface area contributed by atoms with E-state index in [2.05, 4.69) is 0 Å². The number of amides is 4. The molecule has 1 unspecified atom stereocenters. The Morgan fingerprint density at radius 1 is 1.00 bits per heavy atom. The van der Waals surface area contributed by atoms with Gasteiger partial charge in [0, 0.05) is 12.1 Å². The lowest BCUT2D eigenvalue weighted by atomic mass is 9.84. The molecular formula is C25H39N3O4. The summed E-state index contributed by atoms with van der Waals surface area (Å²) in [6, 6.07) is -1.98. The van der Waals surface area contributed by atoms with E-state index in [0.717, 1.165) is 70.6 Å². The second-order valence-electron chi connectivity index (χ2n) is 10.4. The molecule has 4 aliphatic rings. The molecule has 2 heterocycles. The van der Waals surface area contributed by atoms with Gasteiger partial charge in [0.2, 0.25) is 5.91 Å². The number of hydrogen-bond acceptors (Lipinski definition) is 4. The van der Waals surface area contributed by atoms with E-state index in [4.69, 9.17) is 0 Å². The number of likely N-dealkylation sites (tertiary alicyclic amines) is 1. The highest BCUT2D eigenvalue weighted by Crippen LogP contribution is 2.41. The Labute approximate surface area is 191 Å². The van der Waals surface area contributed by atoms with Crippen LogP contribution in [0.3, 0.4) is 0 Å². The molecule has 4 fully saturated rings. The molecule has 7 heteroatoms. The van der Waals surface area contributed by atoms with Crippen molar-refractivity contribution in [1.29, 1.82) is 0 Å². The summed E-state index contributed by atoms with van der Waals surface area (Å²) < 4.78 is 0. The van der Waals surface area contributed by atoms with Crippen LogP contribution in [-0.4, -0.2) is 68.5 Å². The number of nitrogens with zero attached hydrogens (tertiary/aromatic N) is 3. The molecule has 0 aromatic rings. The predicted octanol–water partition coefficient (Wildman–Crippen LogP) is 3.89. The fourth-order valence-electron chi connectivity index (χ4n) is 6.75. The van der Waals surface area contributed by atoms with Crippen LogP contribution in [0.5, 0.6) is 0 Å². The average molecular weight is 446 g/mol. The summed E-state index contributed by atoms with van der Waals surface area (Å²) in [5, 5.41) is 0. The van der Waals surface area contributed by atoms with Crippen LogP contribution in [0.1, 0.15) is 97.8 Å². The second kappa shape index (κ2) is 9.52. The Bertz CT molecular complexity index is 762. The molecular weight excluding hydrogens is 406 g/mol. The standard InChI is InChI=1S/C25H39N3O4/c1-4-10-21-24(31)27(19-12-6-5-7-13-19)25(32)26(21)16(2)23(30)28-20-14-9-8-11-18(20)15-22(28)17(3)29/h16,18-22H,4-15H2,1-3H3/t16-,18-,20-,21?,22-/m0/s1. The number of Topliss-reactive ketones (excluding diaryl/α,β-unsaturated/α-hetero) is 1. The lowest BCUT2D eigenvalue weighted by molar-refractivity contribution is -0.143. The molecule has 2 aliphatic heterocycles. The van der Waals surface area contributed by atoms with E-state index in [1.807, 2.05) is 6.92 Å². The van der Waals surface area contributed by atoms with E-state index in [-0.39, 0.29) is 35.7 Å². The van der Waals surface area contributed by atoms with Crippen molar-refractivity contribution >= 4 is 23.6 Å². The zero-order valence-electron chi connectivity index (χ0n) is 19.9. The highest BCUT2D eigenvalue weighted by atomic mass is 16.2. The van der Waals surface area contributed by atoms with Crippen LogP contribution in [0, 0.1) is 5.92 Å². The third-order valence-electron chi connectivity index (χ3n) is 8.37. The molecule has 4 rings (SSSR count). The molecule has 0 N–H and O–H groups in total. The van der Waals surface area contributed by atoms with Gasteiger partial charge in [0.05, 0.1) is 6.04 Å². The Kier molecular flexibility index (Phi) is 6.91. The second-order valence-corrected chi connectivity index (χ2v) is 10.4. The van der Waals surface area contributed by atoms with Crippen molar-refractivity contribution in [3.8, 4) is 0 Å². The first-order valence-corrected chi connectivity index (χ1v) is 12.8. The van der Waals surface area contributed by atoms with Gasteiger partial charge < -0.3 is 9.80 Å². The van der Waals surface area contributed by atoms with Crippen LogP contribution in [0.15, 0.2) is 0 Å². The normalized spacial score (nSPS) is 32.4. The molecule has 0 spiro atoms. The maximum absolute atomic E-state index is 13.8. The van der Waals surface area contributed by atoms with Crippen molar-refractivity contribution in [2.45, 2.75) is 128 Å². The summed E-state index contributed by atoms with van der Waals surface area (Å²) in [6.45, 7) is 5.33. The number of carbonyl (C=O) groups is 4. The van der Waals surface area contributed by atoms with Gasteiger partial charge in [0.25, 0.3) is 5.91 Å². The molecule has 0 aromatic carbocycles. The van der Waals surface area contributed by atoms with E-state index >= 15 is 0 Å². The van der Waals surface area contributed by atoms with Crippen LogP contribution in [0.4, 0.5) is 4.79 Å². The van der Waals surface area contributed by atoms with Gasteiger partial charge in [0.1, 0.15) is 12.1 Å². The highest BCUT2D eigenvalue weighted by Gasteiger charge is 2.53. The largest absolute Gasteiger partial charge is 0.328 e. The third kappa shape index (κ3) is 3.96. The van der Waals surface area contributed by atoms with Crippen molar-refractivity contribution in [3.63, 3.8) is 0 Å². The summed E-state index contributed by atoms with van der Waals surface area (Å²) in [5.41, 5.74) is 0. The summed E-state index contributed by atoms with van der Waals surface area (Å²) in [6.07, 6.45) is 11.2. The number of ketones is 1. The minimum Gasteiger partial charge on any atom is -0.328 e. The molecule has 0 bridgehead atoms. The quantitative estimate of drug-likeness (QED) is 0.581. The Morgan fingerprint density at radius 2 is 1.66 bits per heavy atom. The minimum atomic E-state index is -0.737. The van der Waals surface area contributed by atoms with Crippen LogP contribution < -0.4 is 0 Å². The van der Waals surface area contributed by atoms with Gasteiger partial charge in [-0.25, -0.2) is 4.79 Å². The first-order valence-electron chi connectivity index (χ1n) is 12.8. The number of hydrogen-bond donors (Lipinski definition) is 0. The number of carbonyl (C=O) groups excluding carboxylic acids is 4. The fourth-order valence-corrected chi connectivity index (χ4v) is 6.75. The van der Waals surface area contributed by atoms with Gasteiger partial charge in [-0.3, -0.25) is 19.3 Å². The number of fused-ring (bicyclic) bond motifs is 1. The van der Waals surface area contributed by atoms with E-state index in [1.54, 1.807) is 23.6 Å². The summed E-state index contributed by atoms with van der Waals surface area (Å²) in [7, 11) is 0. The predicted molar refractivity (Wildman–Crippen MR) is 121 cm³/mol. The molecule has 2 saturated heterocycles. The van der Waals surface area contributed by atoms with E-state index < -0.39 is 18.1 Å². The number of imide groups is 1. The minimum absolute atomic E-state index is 0.0257. The summed E-state index contributed by atoms with van der Waals surface area (Å²) in [5.74, 6) is 0.100. The molecule has 7 nitrogen and oxygen atoms in total. The Hall–Kier alpha value is -1.92. The van der Waals surface area contributed by atoms with Crippen molar-refractivity contribution in [1.82, 2.24) is 14.7 Å². The molecule has 0 radical (unpaired) electrons. The monoisotopic (exact) mass is 445 g/mol. The molecule has 0 aromatic heterocycles.